The van der Waals surface area contributed by atoms with Crippen LogP contribution in [0.25, 0.3) is 17.2 Å². The maximum absolute atomic E-state index is 12.3. The second kappa shape index (κ2) is 5.79. The van der Waals surface area contributed by atoms with Crippen molar-refractivity contribution < 1.29 is 9.59 Å². The minimum Gasteiger partial charge on any atom is -0.369 e. The lowest BCUT2D eigenvalue weighted by atomic mass is 10.2. The first-order chi connectivity index (χ1) is 12.4. The van der Waals surface area contributed by atoms with Gasteiger partial charge in [-0.25, -0.2) is 9.67 Å². The number of amides is 2. The predicted molar refractivity (Wildman–Crippen MR) is 89.2 cm³/mol. The van der Waals surface area contributed by atoms with E-state index in [-0.39, 0.29) is 18.2 Å². The lowest BCUT2D eigenvalue weighted by molar-refractivity contribution is -0.117. The van der Waals surface area contributed by atoms with Gasteiger partial charge in [-0.3, -0.25) is 19.0 Å². The number of carbonyl (C=O) groups is 2. The van der Waals surface area contributed by atoms with Crippen molar-refractivity contribution in [2.24, 2.45) is 12.8 Å². The van der Waals surface area contributed by atoms with Crippen molar-refractivity contribution in [2.75, 3.05) is 13.6 Å². The molecule has 0 fully saturated rings. The molecule has 0 saturated carbocycles. The molecule has 0 radical (unpaired) electrons. The number of carbonyl (C=O) groups excluding carboxylic acids is 2. The smallest absolute Gasteiger partial charge is 0.271 e. The summed E-state index contributed by atoms with van der Waals surface area (Å²) in [7, 11) is 3.54. The molecule has 0 bridgehead atoms. The van der Waals surface area contributed by atoms with Crippen LogP contribution < -0.4 is 5.73 Å². The van der Waals surface area contributed by atoms with E-state index in [9.17, 15) is 9.59 Å². The average Bonchev–Trinajstić information content (AvgIpc) is 3.28. The van der Waals surface area contributed by atoms with Crippen LogP contribution in [0.1, 0.15) is 16.3 Å². The number of hydrogen-bond donors (Lipinski definition) is 1. The van der Waals surface area contributed by atoms with Crippen molar-refractivity contribution in [1.82, 2.24) is 39.2 Å². The molecule has 26 heavy (non-hydrogen) atoms. The average molecular weight is 355 g/mol. The van der Waals surface area contributed by atoms with E-state index in [1.54, 1.807) is 51.5 Å². The number of aryl methyl sites for hydroxylation is 1. The molecule has 0 unspecified atom stereocenters. The van der Waals surface area contributed by atoms with E-state index in [1.807, 2.05) is 0 Å². The molecule has 0 spiro atoms. The molecule has 3 aromatic rings. The number of fused-ring (bicyclic) bond motifs is 1. The van der Waals surface area contributed by atoms with Gasteiger partial charge in [0.2, 0.25) is 5.91 Å². The fourth-order valence-electron chi connectivity index (χ4n) is 2.86. The van der Waals surface area contributed by atoms with Gasteiger partial charge < -0.3 is 10.6 Å². The molecule has 4 heterocycles. The summed E-state index contributed by atoms with van der Waals surface area (Å²) >= 11 is 0. The minimum atomic E-state index is -0.527. The summed E-state index contributed by atoms with van der Waals surface area (Å²) in [4.78, 5) is 29.6. The Labute approximate surface area is 148 Å². The number of nitrogens with two attached hydrogens (primary N) is 1. The van der Waals surface area contributed by atoms with Crippen LogP contribution in [0.3, 0.4) is 0 Å². The van der Waals surface area contributed by atoms with Gasteiger partial charge in [0.1, 0.15) is 17.1 Å². The largest absolute Gasteiger partial charge is 0.369 e. The first-order valence-corrected chi connectivity index (χ1v) is 7.99. The van der Waals surface area contributed by atoms with Crippen LogP contribution in [-0.2, 0) is 24.8 Å². The van der Waals surface area contributed by atoms with Crippen molar-refractivity contribution in [3.63, 3.8) is 0 Å². The molecule has 0 saturated heterocycles. The molecule has 4 rings (SSSR count). The first-order valence-electron chi connectivity index (χ1n) is 7.99. The van der Waals surface area contributed by atoms with E-state index in [4.69, 9.17) is 5.73 Å². The first kappa shape index (κ1) is 16.0. The topological polar surface area (TPSA) is 130 Å². The van der Waals surface area contributed by atoms with Crippen molar-refractivity contribution in [3.05, 3.63) is 30.0 Å². The highest BCUT2D eigenvalue weighted by atomic mass is 16.2. The van der Waals surface area contributed by atoms with Crippen LogP contribution in [0.15, 0.2) is 18.5 Å². The van der Waals surface area contributed by atoms with Crippen molar-refractivity contribution in [1.29, 1.82) is 0 Å². The molecule has 11 nitrogen and oxygen atoms in total. The third-order valence-electron chi connectivity index (χ3n) is 4.14. The van der Waals surface area contributed by atoms with Crippen LogP contribution in [-0.4, -0.2) is 64.6 Å². The Hall–Kier alpha value is -3.50. The van der Waals surface area contributed by atoms with Gasteiger partial charge in [0, 0.05) is 26.7 Å². The van der Waals surface area contributed by atoms with Gasteiger partial charge >= 0.3 is 0 Å². The van der Waals surface area contributed by atoms with Gasteiger partial charge in [0.15, 0.2) is 11.6 Å². The fourth-order valence-corrected chi connectivity index (χ4v) is 2.86. The Morgan fingerprint density at radius 2 is 2.08 bits per heavy atom. The summed E-state index contributed by atoms with van der Waals surface area (Å²) in [5, 5.41) is 13.0. The minimum absolute atomic E-state index is 0.0878. The normalized spacial score (nSPS) is 13.9. The highest BCUT2D eigenvalue weighted by Crippen LogP contribution is 2.23. The summed E-state index contributed by atoms with van der Waals surface area (Å²) in [5.74, 6) is 0.0815. The number of aromatic nitrogens is 7. The van der Waals surface area contributed by atoms with Gasteiger partial charge in [-0.05, 0) is 0 Å². The van der Waals surface area contributed by atoms with E-state index < -0.39 is 5.91 Å². The Balaban J connectivity index is 1.83. The summed E-state index contributed by atoms with van der Waals surface area (Å²) in [6.07, 6.45) is 3.30. The van der Waals surface area contributed by atoms with Crippen molar-refractivity contribution in [2.45, 2.75) is 13.0 Å². The molecule has 0 aliphatic carbocycles. The molecule has 3 aromatic heterocycles. The summed E-state index contributed by atoms with van der Waals surface area (Å²) in [5.41, 5.74) is 6.92. The molecule has 134 valence electrons. The second-order valence-corrected chi connectivity index (χ2v) is 6.14. The maximum Gasteiger partial charge on any atom is 0.271 e. The highest BCUT2D eigenvalue weighted by molar-refractivity contribution is 5.94. The fraction of sp³-hybridized carbons (Fsp3) is 0.333. The Morgan fingerprint density at radius 3 is 2.77 bits per heavy atom. The molecule has 1 aliphatic rings. The molecule has 0 atom stereocenters. The van der Waals surface area contributed by atoms with E-state index >= 15 is 0 Å². The van der Waals surface area contributed by atoms with E-state index in [2.05, 4.69) is 20.3 Å². The Morgan fingerprint density at radius 1 is 1.27 bits per heavy atom. The summed E-state index contributed by atoms with van der Waals surface area (Å²) in [6.45, 7) is 1.20. The summed E-state index contributed by atoms with van der Waals surface area (Å²) in [6, 6.07) is 1.68. The zero-order chi connectivity index (χ0) is 18.4. The molecular formula is C15H17N9O2. The van der Waals surface area contributed by atoms with Crippen LogP contribution in [0.5, 0.6) is 0 Å². The van der Waals surface area contributed by atoms with Crippen LogP contribution in [0.2, 0.25) is 0 Å². The summed E-state index contributed by atoms with van der Waals surface area (Å²) < 4.78 is 4.84. The van der Waals surface area contributed by atoms with Crippen LogP contribution in [0.4, 0.5) is 0 Å². The van der Waals surface area contributed by atoms with Gasteiger partial charge in [-0.15, -0.1) is 5.10 Å². The zero-order valence-corrected chi connectivity index (χ0v) is 14.3. The van der Waals surface area contributed by atoms with E-state index in [0.717, 1.165) is 0 Å². The number of likely N-dealkylation sites (N-methyl/N-ethyl adjacent to an activating group) is 1. The predicted octanol–water partition coefficient (Wildman–Crippen LogP) is -1.02. The lowest BCUT2D eigenvalue weighted by Crippen LogP contribution is -2.37. The molecule has 1 aliphatic heterocycles. The van der Waals surface area contributed by atoms with E-state index in [0.29, 0.717) is 36.0 Å². The number of rotatable bonds is 4. The SMILES string of the molecule is CN1CCn2nc(-c3nc(CC(N)=O)nn3-c3cnn(C)c3)cc2C1=O. The number of primary amides is 1. The lowest BCUT2D eigenvalue weighted by Gasteiger charge is -2.22. The standard InChI is InChI=1S/C15H17N9O2/c1-21-3-4-23-11(15(21)26)5-10(19-23)14-18-13(6-12(16)25)20-24(14)9-7-17-22(2)8-9/h5,7-8H,3-4,6H2,1-2H3,(H2,16,25). The van der Waals surface area contributed by atoms with Crippen molar-refractivity contribution >= 4 is 11.8 Å². The molecule has 2 amide bonds. The van der Waals surface area contributed by atoms with Gasteiger partial charge in [0.05, 0.1) is 25.4 Å². The zero-order valence-electron chi connectivity index (χ0n) is 14.3. The highest BCUT2D eigenvalue weighted by Gasteiger charge is 2.26. The maximum atomic E-state index is 12.3. The molecule has 11 heteroatoms. The molecule has 0 aromatic carbocycles. The number of hydrogen-bond acceptors (Lipinski definition) is 6. The molecular weight excluding hydrogens is 338 g/mol. The van der Waals surface area contributed by atoms with Crippen molar-refractivity contribution in [3.8, 4) is 17.2 Å². The third kappa shape index (κ3) is 2.62. The van der Waals surface area contributed by atoms with E-state index in [1.165, 1.54) is 0 Å². The van der Waals surface area contributed by atoms with Crippen LogP contribution in [0, 0.1) is 0 Å². The van der Waals surface area contributed by atoms with Gasteiger partial charge in [0.25, 0.3) is 5.91 Å². The van der Waals surface area contributed by atoms with Gasteiger partial charge in [-0.2, -0.15) is 10.2 Å². The quantitative estimate of drug-likeness (QED) is 0.637. The van der Waals surface area contributed by atoms with Gasteiger partial charge in [-0.1, -0.05) is 0 Å². The monoisotopic (exact) mass is 355 g/mol. The third-order valence-corrected chi connectivity index (χ3v) is 4.14. The Bertz CT molecular complexity index is 1010. The number of nitrogens with zero attached hydrogens (tertiary/aromatic N) is 8. The molecule has 2 N–H and O–H groups in total. The Kier molecular flexibility index (Phi) is 3.56. The second-order valence-electron chi connectivity index (χ2n) is 6.14. The van der Waals surface area contributed by atoms with Crippen LogP contribution >= 0.6 is 0 Å².